The standard InChI is InChI=1S/C21H17FN2O2/c1-13-15-11-19-20(26-10-9-25-19)12-18(15)24-8-4-7-17(24)21(23-13)14-5-2-3-6-16(14)22/h2-8,11-13H,9-10H2,1H3. The van der Waals surface area contributed by atoms with E-state index in [9.17, 15) is 4.39 Å². The molecule has 130 valence electrons. The summed E-state index contributed by atoms with van der Waals surface area (Å²) in [5.41, 5.74) is 4.02. The van der Waals surface area contributed by atoms with Crippen molar-refractivity contribution in [1.82, 2.24) is 4.57 Å². The number of aliphatic imine (C=N–C) groups is 1. The lowest BCUT2D eigenvalue weighted by Gasteiger charge is -2.22. The van der Waals surface area contributed by atoms with E-state index >= 15 is 0 Å². The van der Waals surface area contributed by atoms with Crippen molar-refractivity contribution in [3.8, 4) is 17.2 Å². The fourth-order valence-electron chi connectivity index (χ4n) is 3.61. The van der Waals surface area contributed by atoms with Crippen molar-refractivity contribution in [3.63, 3.8) is 0 Å². The molecule has 0 aliphatic carbocycles. The zero-order valence-corrected chi connectivity index (χ0v) is 14.3. The summed E-state index contributed by atoms with van der Waals surface area (Å²) in [7, 11) is 0. The van der Waals surface area contributed by atoms with Gasteiger partial charge in [-0.05, 0) is 37.3 Å². The second-order valence-corrected chi connectivity index (χ2v) is 6.45. The van der Waals surface area contributed by atoms with E-state index in [0.29, 0.717) is 24.5 Å². The fourth-order valence-corrected chi connectivity index (χ4v) is 3.61. The summed E-state index contributed by atoms with van der Waals surface area (Å²) in [6, 6.07) is 14.5. The molecule has 3 aromatic rings. The molecule has 5 rings (SSSR count). The van der Waals surface area contributed by atoms with Crippen LogP contribution in [0, 0.1) is 5.82 Å². The monoisotopic (exact) mass is 348 g/mol. The Labute approximate surface area is 150 Å². The Kier molecular flexibility index (Phi) is 3.35. The summed E-state index contributed by atoms with van der Waals surface area (Å²) in [6.07, 6.45) is 1.97. The summed E-state index contributed by atoms with van der Waals surface area (Å²) >= 11 is 0. The van der Waals surface area contributed by atoms with E-state index in [-0.39, 0.29) is 11.9 Å². The first-order valence-corrected chi connectivity index (χ1v) is 8.67. The molecule has 0 fully saturated rings. The molecule has 0 bridgehead atoms. The molecule has 0 N–H and O–H groups in total. The van der Waals surface area contributed by atoms with Gasteiger partial charge in [-0.25, -0.2) is 4.39 Å². The predicted molar refractivity (Wildman–Crippen MR) is 97.2 cm³/mol. The van der Waals surface area contributed by atoms with Gasteiger partial charge in [0.2, 0.25) is 0 Å². The van der Waals surface area contributed by atoms with E-state index in [1.165, 1.54) is 6.07 Å². The topological polar surface area (TPSA) is 35.8 Å². The van der Waals surface area contributed by atoms with Crippen LogP contribution in [0.4, 0.5) is 4.39 Å². The lowest BCUT2D eigenvalue weighted by atomic mass is 10.0. The number of fused-ring (bicyclic) bond motifs is 4. The zero-order chi connectivity index (χ0) is 17.7. The van der Waals surface area contributed by atoms with Gasteiger partial charge in [0.25, 0.3) is 0 Å². The molecule has 1 unspecified atom stereocenters. The Bertz CT molecular complexity index is 1040. The lowest BCUT2D eigenvalue weighted by Crippen LogP contribution is -2.16. The summed E-state index contributed by atoms with van der Waals surface area (Å²) < 4.78 is 28.0. The smallest absolute Gasteiger partial charge is 0.163 e. The second kappa shape index (κ2) is 5.73. The molecule has 4 nitrogen and oxygen atoms in total. The van der Waals surface area contributed by atoms with Crippen molar-refractivity contribution >= 4 is 5.71 Å². The van der Waals surface area contributed by atoms with Crippen molar-refractivity contribution in [3.05, 3.63) is 77.4 Å². The van der Waals surface area contributed by atoms with Crippen LogP contribution in [-0.4, -0.2) is 23.5 Å². The largest absolute Gasteiger partial charge is 0.486 e. The Morgan fingerprint density at radius 2 is 1.81 bits per heavy atom. The number of rotatable bonds is 1. The number of hydrogen-bond donors (Lipinski definition) is 0. The molecule has 1 atom stereocenters. The first-order valence-electron chi connectivity index (χ1n) is 8.67. The summed E-state index contributed by atoms with van der Waals surface area (Å²) in [5.74, 6) is 1.19. The van der Waals surface area contributed by atoms with E-state index in [2.05, 4.69) is 0 Å². The van der Waals surface area contributed by atoms with Crippen LogP contribution >= 0.6 is 0 Å². The average Bonchev–Trinajstić information content (AvgIpc) is 3.11. The minimum atomic E-state index is -0.275. The number of halogens is 1. The second-order valence-electron chi connectivity index (χ2n) is 6.45. The van der Waals surface area contributed by atoms with Gasteiger partial charge in [-0.2, -0.15) is 0 Å². The molecule has 5 heteroatoms. The average molecular weight is 348 g/mol. The normalized spacial score (nSPS) is 17.8. The van der Waals surface area contributed by atoms with Gasteiger partial charge in [0.15, 0.2) is 11.5 Å². The SMILES string of the molecule is CC1N=C(c2ccccc2F)c2cccn2-c2cc3c(cc21)OCCO3. The van der Waals surface area contributed by atoms with E-state index < -0.39 is 0 Å². The van der Waals surface area contributed by atoms with Crippen molar-refractivity contribution in [1.29, 1.82) is 0 Å². The quantitative estimate of drug-likeness (QED) is 0.657. The Morgan fingerprint density at radius 1 is 1.04 bits per heavy atom. The molecule has 0 saturated heterocycles. The molecule has 26 heavy (non-hydrogen) atoms. The third-order valence-corrected chi connectivity index (χ3v) is 4.84. The molecule has 2 aliphatic heterocycles. The summed E-state index contributed by atoms with van der Waals surface area (Å²) in [5, 5.41) is 0. The van der Waals surface area contributed by atoms with Gasteiger partial charge in [0, 0.05) is 23.4 Å². The van der Waals surface area contributed by atoms with Crippen molar-refractivity contribution in [2.24, 2.45) is 4.99 Å². The van der Waals surface area contributed by atoms with Crippen molar-refractivity contribution < 1.29 is 13.9 Å². The van der Waals surface area contributed by atoms with Crippen LogP contribution in [0.5, 0.6) is 11.5 Å². The van der Waals surface area contributed by atoms with Gasteiger partial charge in [0.05, 0.1) is 23.1 Å². The lowest BCUT2D eigenvalue weighted by molar-refractivity contribution is 0.171. The van der Waals surface area contributed by atoms with Crippen molar-refractivity contribution in [2.75, 3.05) is 13.2 Å². The first kappa shape index (κ1) is 15.2. The van der Waals surface area contributed by atoms with Gasteiger partial charge < -0.3 is 14.0 Å². The highest BCUT2D eigenvalue weighted by Gasteiger charge is 2.26. The molecule has 2 aliphatic rings. The number of hydrogen-bond acceptors (Lipinski definition) is 3. The van der Waals surface area contributed by atoms with Crippen molar-refractivity contribution in [2.45, 2.75) is 13.0 Å². The molecule has 0 amide bonds. The third-order valence-electron chi connectivity index (χ3n) is 4.84. The zero-order valence-electron chi connectivity index (χ0n) is 14.3. The Hall–Kier alpha value is -3.08. The van der Waals surface area contributed by atoms with E-state index in [1.54, 1.807) is 12.1 Å². The van der Waals surface area contributed by atoms with Crippen LogP contribution in [0.25, 0.3) is 5.69 Å². The molecular weight excluding hydrogens is 331 g/mol. The summed E-state index contributed by atoms with van der Waals surface area (Å²) in [4.78, 5) is 4.87. The molecule has 2 aromatic carbocycles. The number of benzene rings is 2. The Morgan fingerprint density at radius 3 is 2.62 bits per heavy atom. The van der Waals surface area contributed by atoms with Crippen LogP contribution in [0.2, 0.25) is 0 Å². The Balaban J connectivity index is 1.76. The third kappa shape index (κ3) is 2.24. The molecule has 3 heterocycles. The summed E-state index contributed by atoms with van der Waals surface area (Å²) in [6.45, 7) is 3.09. The maximum absolute atomic E-state index is 14.5. The molecule has 0 saturated carbocycles. The highest BCUT2D eigenvalue weighted by Crippen LogP contribution is 2.40. The fraction of sp³-hybridized carbons (Fsp3) is 0.190. The number of nitrogens with zero attached hydrogens (tertiary/aromatic N) is 2. The first-order chi connectivity index (χ1) is 12.7. The highest BCUT2D eigenvalue weighted by molar-refractivity contribution is 6.13. The van der Waals surface area contributed by atoms with Gasteiger partial charge in [-0.1, -0.05) is 12.1 Å². The van der Waals surface area contributed by atoms with Crippen LogP contribution in [0.15, 0.2) is 59.7 Å². The maximum atomic E-state index is 14.5. The van der Waals surface area contributed by atoms with Crippen LogP contribution in [0.3, 0.4) is 0 Å². The van der Waals surface area contributed by atoms with Gasteiger partial charge in [-0.3, -0.25) is 4.99 Å². The molecule has 1 aromatic heterocycles. The molecule has 0 spiro atoms. The highest BCUT2D eigenvalue weighted by atomic mass is 19.1. The molecule has 0 radical (unpaired) electrons. The van der Waals surface area contributed by atoms with E-state index in [4.69, 9.17) is 14.5 Å². The van der Waals surface area contributed by atoms with Gasteiger partial charge >= 0.3 is 0 Å². The van der Waals surface area contributed by atoms with Crippen LogP contribution < -0.4 is 9.47 Å². The van der Waals surface area contributed by atoms with Gasteiger partial charge in [0.1, 0.15) is 19.0 Å². The maximum Gasteiger partial charge on any atom is 0.163 e. The minimum Gasteiger partial charge on any atom is -0.486 e. The number of ether oxygens (including phenoxy) is 2. The van der Waals surface area contributed by atoms with Gasteiger partial charge in [-0.15, -0.1) is 0 Å². The van der Waals surface area contributed by atoms with E-state index in [1.807, 2.05) is 48.0 Å². The van der Waals surface area contributed by atoms with Crippen LogP contribution in [0.1, 0.15) is 29.8 Å². The van der Waals surface area contributed by atoms with E-state index in [0.717, 1.165) is 28.4 Å². The molecular formula is C21H17FN2O2. The minimum absolute atomic E-state index is 0.143. The number of aromatic nitrogens is 1. The van der Waals surface area contributed by atoms with Crippen LogP contribution in [-0.2, 0) is 0 Å². The predicted octanol–water partition coefficient (Wildman–Crippen LogP) is 4.30.